The molecule has 0 bridgehead atoms. The van der Waals surface area contributed by atoms with Crippen LogP contribution in [0.1, 0.15) is 22.3 Å². The molecule has 0 aromatic heterocycles. The first kappa shape index (κ1) is 14.6. The lowest BCUT2D eigenvalue weighted by atomic mass is 9.70. The monoisotopic (exact) mass is 348 g/mol. The number of phenols is 2. The zero-order valence-electron chi connectivity index (χ0n) is 14.5. The highest BCUT2D eigenvalue weighted by Crippen LogP contribution is 2.63. The number of hydrogen-bond acceptors (Lipinski definition) is 2. The van der Waals surface area contributed by atoms with Gasteiger partial charge >= 0.3 is 0 Å². The summed E-state index contributed by atoms with van der Waals surface area (Å²) in [6.07, 6.45) is 0. The van der Waals surface area contributed by atoms with E-state index in [0.717, 1.165) is 22.3 Å². The summed E-state index contributed by atoms with van der Waals surface area (Å²) in [6.45, 7) is 0. The molecule has 2 aliphatic rings. The van der Waals surface area contributed by atoms with Crippen molar-refractivity contribution in [1.82, 2.24) is 0 Å². The smallest absolute Gasteiger partial charge is 0.115 e. The van der Waals surface area contributed by atoms with Gasteiger partial charge in [0.15, 0.2) is 0 Å². The average molecular weight is 348 g/mol. The summed E-state index contributed by atoms with van der Waals surface area (Å²) in [5.41, 5.74) is 8.64. The van der Waals surface area contributed by atoms with Crippen LogP contribution in [0.3, 0.4) is 0 Å². The van der Waals surface area contributed by atoms with Gasteiger partial charge in [-0.25, -0.2) is 0 Å². The minimum atomic E-state index is -0.519. The Labute approximate surface area is 157 Å². The van der Waals surface area contributed by atoms with Crippen LogP contribution < -0.4 is 0 Å². The summed E-state index contributed by atoms with van der Waals surface area (Å²) >= 11 is 0. The van der Waals surface area contributed by atoms with E-state index in [1.54, 1.807) is 12.1 Å². The number of benzene rings is 4. The van der Waals surface area contributed by atoms with Crippen molar-refractivity contribution in [2.24, 2.45) is 0 Å². The van der Waals surface area contributed by atoms with E-state index in [9.17, 15) is 10.2 Å². The predicted molar refractivity (Wildman–Crippen MR) is 106 cm³/mol. The predicted octanol–water partition coefficient (Wildman–Crippen LogP) is 5.44. The normalized spacial score (nSPS) is 14.5. The van der Waals surface area contributed by atoms with E-state index in [1.807, 2.05) is 24.3 Å². The molecule has 2 aliphatic carbocycles. The molecule has 128 valence electrons. The van der Waals surface area contributed by atoms with Crippen molar-refractivity contribution in [2.45, 2.75) is 5.41 Å². The van der Waals surface area contributed by atoms with Crippen molar-refractivity contribution in [3.8, 4) is 33.8 Å². The lowest BCUT2D eigenvalue weighted by molar-refractivity contribution is 0.473. The summed E-state index contributed by atoms with van der Waals surface area (Å²) in [4.78, 5) is 0. The molecule has 27 heavy (non-hydrogen) atoms. The zero-order valence-corrected chi connectivity index (χ0v) is 14.5. The van der Waals surface area contributed by atoms with Crippen molar-refractivity contribution >= 4 is 0 Å². The highest BCUT2D eigenvalue weighted by molar-refractivity contribution is 5.95. The van der Waals surface area contributed by atoms with E-state index in [2.05, 4.69) is 48.5 Å². The van der Waals surface area contributed by atoms with Gasteiger partial charge in [0.05, 0.1) is 5.41 Å². The van der Waals surface area contributed by atoms with Crippen LogP contribution >= 0.6 is 0 Å². The minimum Gasteiger partial charge on any atom is -0.508 e. The molecule has 0 atom stereocenters. The van der Waals surface area contributed by atoms with Crippen LogP contribution in [0.15, 0.2) is 84.9 Å². The average Bonchev–Trinajstić information content (AvgIpc) is 3.14. The van der Waals surface area contributed by atoms with Crippen molar-refractivity contribution in [2.75, 3.05) is 0 Å². The lowest BCUT2D eigenvalue weighted by Gasteiger charge is -2.30. The first-order valence-electron chi connectivity index (χ1n) is 9.08. The number of fused-ring (bicyclic) bond motifs is 10. The summed E-state index contributed by atoms with van der Waals surface area (Å²) in [7, 11) is 0. The topological polar surface area (TPSA) is 40.5 Å². The Bertz CT molecular complexity index is 1150. The standard InChI is InChI=1S/C25H16O2/c26-15-9-11-19-20-12-10-16(27)14-24(20)25(23(19)13-15)21-7-3-1-5-17(21)18-6-2-4-8-22(18)25/h1-14,26-27H. The van der Waals surface area contributed by atoms with Crippen LogP contribution in [-0.4, -0.2) is 10.2 Å². The van der Waals surface area contributed by atoms with Crippen LogP contribution in [-0.2, 0) is 5.41 Å². The number of phenolic OH excluding ortho intramolecular Hbond substituents is 2. The quantitative estimate of drug-likeness (QED) is 0.384. The molecule has 0 fully saturated rings. The molecule has 0 aliphatic heterocycles. The van der Waals surface area contributed by atoms with Crippen LogP contribution in [0.4, 0.5) is 0 Å². The lowest BCUT2D eigenvalue weighted by Crippen LogP contribution is -2.25. The van der Waals surface area contributed by atoms with Gasteiger partial charge in [-0.05, 0) is 68.8 Å². The van der Waals surface area contributed by atoms with Crippen molar-refractivity contribution in [3.63, 3.8) is 0 Å². The Morgan fingerprint density at radius 3 is 1.33 bits per heavy atom. The van der Waals surface area contributed by atoms with Crippen molar-refractivity contribution in [3.05, 3.63) is 107 Å². The van der Waals surface area contributed by atoms with Gasteiger partial charge < -0.3 is 10.2 Å². The first-order chi connectivity index (χ1) is 13.2. The summed E-state index contributed by atoms with van der Waals surface area (Å²) in [6, 6.07) is 28.1. The van der Waals surface area contributed by atoms with Crippen LogP contribution in [0.25, 0.3) is 22.3 Å². The summed E-state index contributed by atoms with van der Waals surface area (Å²) < 4.78 is 0. The highest BCUT2D eigenvalue weighted by atomic mass is 16.3. The Balaban J connectivity index is 1.88. The van der Waals surface area contributed by atoms with E-state index in [0.29, 0.717) is 0 Å². The van der Waals surface area contributed by atoms with Crippen LogP contribution in [0, 0.1) is 0 Å². The molecule has 0 radical (unpaired) electrons. The molecular formula is C25H16O2. The number of rotatable bonds is 0. The molecule has 1 spiro atoms. The molecule has 0 saturated heterocycles. The third-order valence-corrected chi connectivity index (χ3v) is 6.06. The maximum absolute atomic E-state index is 10.3. The molecule has 0 saturated carbocycles. The van der Waals surface area contributed by atoms with Gasteiger partial charge in [-0.3, -0.25) is 0 Å². The third kappa shape index (κ3) is 1.61. The fourth-order valence-corrected chi connectivity index (χ4v) is 5.12. The van der Waals surface area contributed by atoms with Gasteiger partial charge in [0.1, 0.15) is 11.5 Å². The van der Waals surface area contributed by atoms with Crippen LogP contribution in [0.2, 0.25) is 0 Å². The van der Waals surface area contributed by atoms with E-state index < -0.39 is 5.41 Å². The van der Waals surface area contributed by atoms with Crippen molar-refractivity contribution < 1.29 is 10.2 Å². The fourth-order valence-electron chi connectivity index (χ4n) is 5.12. The molecule has 2 nitrogen and oxygen atoms in total. The largest absolute Gasteiger partial charge is 0.508 e. The number of hydrogen-bond donors (Lipinski definition) is 2. The summed E-state index contributed by atoms with van der Waals surface area (Å²) in [5, 5.41) is 20.6. The van der Waals surface area contributed by atoms with Gasteiger partial charge in [-0.1, -0.05) is 60.7 Å². The van der Waals surface area contributed by atoms with Crippen LogP contribution in [0.5, 0.6) is 11.5 Å². The SMILES string of the molecule is Oc1ccc2c(c1)C1(c3ccccc3-c3ccccc31)c1cc(O)ccc1-2. The highest BCUT2D eigenvalue weighted by Gasteiger charge is 2.51. The Kier molecular flexibility index (Phi) is 2.60. The Morgan fingerprint density at radius 2 is 0.852 bits per heavy atom. The summed E-state index contributed by atoms with van der Waals surface area (Å²) in [5.74, 6) is 0.513. The molecule has 0 amide bonds. The van der Waals surface area contributed by atoms with E-state index in [1.165, 1.54) is 22.3 Å². The zero-order chi connectivity index (χ0) is 18.2. The van der Waals surface area contributed by atoms with E-state index in [-0.39, 0.29) is 11.5 Å². The van der Waals surface area contributed by atoms with Gasteiger partial charge in [-0.2, -0.15) is 0 Å². The Morgan fingerprint density at radius 1 is 0.444 bits per heavy atom. The molecule has 0 heterocycles. The second-order valence-electron chi connectivity index (χ2n) is 7.30. The number of aromatic hydroxyl groups is 2. The van der Waals surface area contributed by atoms with Gasteiger partial charge in [0.2, 0.25) is 0 Å². The minimum absolute atomic E-state index is 0.256. The second-order valence-corrected chi connectivity index (χ2v) is 7.30. The maximum atomic E-state index is 10.3. The molecular weight excluding hydrogens is 332 g/mol. The fraction of sp³-hybridized carbons (Fsp3) is 0.0400. The Hall–Kier alpha value is -3.52. The third-order valence-electron chi connectivity index (χ3n) is 6.06. The molecule has 0 unspecified atom stereocenters. The molecule has 4 aromatic carbocycles. The second kappa shape index (κ2) is 4.80. The molecule has 2 heteroatoms. The first-order valence-corrected chi connectivity index (χ1v) is 9.08. The van der Waals surface area contributed by atoms with E-state index >= 15 is 0 Å². The molecule has 6 rings (SSSR count). The van der Waals surface area contributed by atoms with Gasteiger partial charge in [0, 0.05) is 0 Å². The van der Waals surface area contributed by atoms with Gasteiger partial charge in [0.25, 0.3) is 0 Å². The molecule has 4 aromatic rings. The van der Waals surface area contributed by atoms with Gasteiger partial charge in [-0.15, -0.1) is 0 Å². The van der Waals surface area contributed by atoms with E-state index in [4.69, 9.17) is 0 Å². The maximum Gasteiger partial charge on any atom is 0.115 e. The molecule has 2 N–H and O–H groups in total. The van der Waals surface area contributed by atoms with Crippen molar-refractivity contribution in [1.29, 1.82) is 0 Å².